The molecule has 0 amide bonds. The Bertz CT molecular complexity index is 1310. The first-order valence-corrected chi connectivity index (χ1v) is 33.6. The van der Waals surface area contributed by atoms with Gasteiger partial charge in [-0.3, -0.25) is 14.4 Å². The summed E-state index contributed by atoms with van der Waals surface area (Å²) in [4.78, 5) is 38.2. The van der Waals surface area contributed by atoms with Crippen LogP contribution in [0.15, 0.2) is 48.6 Å². The van der Waals surface area contributed by atoms with E-state index in [1.54, 1.807) is 0 Å². The molecule has 0 heterocycles. The number of allylic oxidation sites excluding steroid dienone is 8. The predicted molar refractivity (Wildman–Crippen MR) is 330 cm³/mol. The zero-order valence-electron chi connectivity index (χ0n) is 51.0. The molecule has 0 radical (unpaired) electrons. The van der Waals surface area contributed by atoms with Crippen LogP contribution in [0.4, 0.5) is 0 Å². The first-order valence-electron chi connectivity index (χ1n) is 33.6. The van der Waals surface area contributed by atoms with Crippen molar-refractivity contribution >= 4 is 17.9 Å². The van der Waals surface area contributed by atoms with Crippen LogP contribution >= 0.6 is 0 Å². The van der Waals surface area contributed by atoms with E-state index in [2.05, 4.69) is 69.4 Å². The second-order valence-corrected chi connectivity index (χ2v) is 22.7. The van der Waals surface area contributed by atoms with Gasteiger partial charge in [0.1, 0.15) is 13.2 Å². The lowest BCUT2D eigenvalue weighted by Gasteiger charge is -2.18. The van der Waals surface area contributed by atoms with Crippen LogP contribution < -0.4 is 0 Å². The predicted octanol–water partition coefficient (Wildman–Crippen LogP) is 22.9. The van der Waals surface area contributed by atoms with E-state index in [4.69, 9.17) is 14.2 Å². The highest BCUT2D eigenvalue weighted by Gasteiger charge is 2.19. The van der Waals surface area contributed by atoms with E-state index in [1.807, 2.05) is 0 Å². The van der Waals surface area contributed by atoms with E-state index in [1.165, 1.54) is 238 Å². The Kier molecular flexibility index (Phi) is 62.6. The van der Waals surface area contributed by atoms with Crippen molar-refractivity contribution < 1.29 is 28.6 Å². The van der Waals surface area contributed by atoms with E-state index >= 15 is 0 Å². The molecule has 444 valence electrons. The summed E-state index contributed by atoms with van der Waals surface area (Å²) < 4.78 is 16.9. The number of hydrogen-bond acceptors (Lipinski definition) is 6. The summed E-state index contributed by atoms with van der Waals surface area (Å²) in [5, 5.41) is 0. The fraction of sp³-hybridized carbons (Fsp3) is 0.843. The molecule has 6 nitrogen and oxygen atoms in total. The van der Waals surface area contributed by atoms with E-state index in [0.29, 0.717) is 19.3 Å². The summed E-state index contributed by atoms with van der Waals surface area (Å²) in [6.45, 7) is 6.57. The van der Waals surface area contributed by atoms with Crippen LogP contribution in [0.3, 0.4) is 0 Å². The van der Waals surface area contributed by atoms with Gasteiger partial charge in [0.2, 0.25) is 0 Å². The molecule has 0 aromatic carbocycles. The van der Waals surface area contributed by atoms with Crippen molar-refractivity contribution in [2.45, 2.75) is 367 Å². The Labute approximate surface area is 473 Å². The van der Waals surface area contributed by atoms with Crippen LogP contribution in [-0.4, -0.2) is 37.2 Å². The molecule has 6 heteroatoms. The Morgan fingerprint density at radius 2 is 0.513 bits per heavy atom. The lowest BCUT2D eigenvalue weighted by Crippen LogP contribution is -2.30. The average molecular weight is 1070 g/mol. The van der Waals surface area contributed by atoms with Gasteiger partial charge in [0, 0.05) is 19.3 Å². The topological polar surface area (TPSA) is 78.9 Å². The number of hydrogen-bond donors (Lipinski definition) is 0. The van der Waals surface area contributed by atoms with E-state index in [0.717, 1.165) is 83.5 Å². The number of esters is 3. The van der Waals surface area contributed by atoms with Crippen LogP contribution in [0, 0.1) is 0 Å². The van der Waals surface area contributed by atoms with Crippen LogP contribution in [0.5, 0.6) is 0 Å². The molecule has 76 heavy (non-hydrogen) atoms. The maximum absolute atomic E-state index is 12.9. The molecule has 0 aromatic heterocycles. The third kappa shape index (κ3) is 62.2. The maximum atomic E-state index is 12.9. The first kappa shape index (κ1) is 73.4. The molecule has 1 unspecified atom stereocenters. The van der Waals surface area contributed by atoms with Gasteiger partial charge in [-0.15, -0.1) is 0 Å². The fourth-order valence-corrected chi connectivity index (χ4v) is 10.1. The van der Waals surface area contributed by atoms with Gasteiger partial charge in [-0.2, -0.15) is 0 Å². The Morgan fingerprint density at radius 1 is 0.276 bits per heavy atom. The summed E-state index contributed by atoms with van der Waals surface area (Å²) in [5.41, 5.74) is 0. The van der Waals surface area contributed by atoms with Gasteiger partial charge in [-0.25, -0.2) is 0 Å². The van der Waals surface area contributed by atoms with Gasteiger partial charge >= 0.3 is 17.9 Å². The van der Waals surface area contributed by atoms with Gasteiger partial charge in [0.05, 0.1) is 0 Å². The van der Waals surface area contributed by atoms with Crippen molar-refractivity contribution in [3.05, 3.63) is 48.6 Å². The Hall–Kier alpha value is -2.63. The molecular formula is C70H128O6. The normalized spacial score (nSPS) is 12.3. The van der Waals surface area contributed by atoms with Gasteiger partial charge in [0.15, 0.2) is 6.10 Å². The fourth-order valence-electron chi connectivity index (χ4n) is 10.1. The number of carbonyl (C=O) groups excluding carboxylic acids is 3. The molecule has 0 fully saturated rings. The highest BCUT2D eigenvalue weighted by atomic mass is 16.6. The van der Waals surface area contributed by atoms with Crippen molar-refractivity contribution in [3.63, 3.8) is 0 Å². The average Bonchev–Trinajstić information content (AvgIpc) is 3.42. The van der Waals surface area contributed by atoms with E-state index < -0.39 is 6.10 Å². The summed E-state index contributed by atoms with van der Waals surface area (Å²) in [7, 11) is 0. The van der Waals surface area contributed by atoms with Crippen LogP contribution in [0.2, 0.25) is 0 Å². The minimum absolute atomic E-state index is 0.0681. The Morgan fingerprint density at radius 3 is 0.803 bits per heavy atom. The zero-order chi connectivity index (χ0) is 55.0. The van der Waals surface area contributed by atoms with Gasteiger partial charge in [-0.1, -0.05) is 333 Å². The van der Waals surface area contributed by atoms with Crippen LogP contribution in [0.25, 0.3) is 0 Å². The zero-order valence-corrected chi connectivity index (χ0v) is 51.0. The summed E-state index contributed by atoms with van der Waals surface area (Å²) in [6, 6.07) is 0. The van der Waals surface area contributed by atoms with Crippen LogP contribution in [0.1, 0.15) is 361 Å². The van der Waals surface area contributed by atoms with E-state index in [9.17, 15) is 14.4 Å². The highest BCUT2D eigenvalue weighted by molar-refractivity contribution is 5.71. The lowest BCUT2D eigenvalue weighted by atomic mass is 10.0. The summed E-state index contributed by atoms with van der Waals surface area (Å²) in [6.07, 6.45) is 81.4. The number of unbranched alkanes of at least 4 members (excludes halogenated alkanes) is 43. The summed E-state index contributed by atoms with van der Waals surface area (Å²) in [5.74, 6) is -0.849. The molecule has 0 spiro atoms. The van der Waals surface area contributed by atoms with Crippen molar-refractivity contribution in [3.8, 4) is 0 Å². The SMILES string of the molecule is CC/C=C\C/C=C\C/C=C\C/C=C\CCCCCCCCCCCCCCC(=O)OCC(COC(=O)CCCCCCCCCCC)OC(=O)CCCCCCCCCCCCCCCCCCCCCCCCCC. The van der Waals surface area contributed by atoms with Crippen molar-refractivity contribution in [2.24, 2.45) is 0 Å². The smallest absolute Gasteiger partial charge is 0.306 e. The number of carbonyl (C=O) groups is 3. The minimum Gasteiger partial charge on any atom is -0.462 e. The lowest BCUT2D eigenvalue weighted by molar-refractivity contribution is -0.167. The molecule has 1 atom stereocenters. The molecule has 0 aromatic rings. The Balaban J connectivity index is 4.14. The molecule has 0 rings (SSSR count). The standard InChI is InChI=1S/C70H128O6/c1-4-7-10-13-16-19-21-23-25-27-29-31-33-35-37-38-40-42-44-46-48-51-54-57-60-63-69(72)75-66-67(65-74-68(71)62-59-56-53-50-18-15-12-9-6-3)76-70(73)64-61-58-55-52-49-47-45-43-41-39-36-34-32-30-28-26-24-22-20-17-14-11-8-5-2/h7,10,16,19,23,25,29,31,67H,4-6,8-9,11-15,17-18,20-22,24,26-28,30,32-66H2,1-3H3/b10-7-,19-16-,25-23-,31-29-. The third-order valence-electron chi connectivity index (χ3n) is 15.1. The summed E-state index contributed by atoms with van der Waals surface area (Å²) >= 11 is 0. The highest BCUT2D eigenvalue weighted by Crippen LogP contribution is 2.18. The number of rotatable bonds is 62. The van der Waals surface area contributed by atoms with Gasteiger partial charge in [-0.05, 0) is 57.8 Å². The molecule has 0 aliphatic heterocycles. The molecule has 0 saturated heterocycles. The minimum atomic E-state index is -0.769. The molecule has 0 N–H and O–H groups in total. The largest absolute Gasteiger partial charge is 0.462 e. The molecule has 0 aliphatic rings. The van der Waals surface area contributed by atoms with Crippen molar-refractivity contribution in [1.29, 1.82) is 0 Å². The molecular weight excluding hydrogens is 937 g/mol. The first-order chi connectivity index (χ1) is 37.5. The molecule has 0 aliphatic carbocycles. The van der Waals surface area contributed by atoms with Crippen molar-refractivity contribution in [2.75, 3.05) is 13.2 Å². The quantitative estimate of drug-likeness (QED) is 0.0261. The second-order valence-electron chi connectivity index (χ2n) is 22.7. The number of ether oxygens (including phenoxy) is 3. The van der Waals surface area contributed by atoms with Crippen molar-refractivity contribution in [1.82, 2.24) is 0 Å². The maximum Gasteiger partial charge on any atom is 0.306 e. The van der Waals surface area contributed by atoms with E-state index in [-0.39, 0.29) is 31.1 Å². The monoisotopic (exact) mass is 1060 g/mol. The second kappa shape index (κ2) is 64.9. The van der Waals surface area contributed by atoms with Gasteiger partial charge in [0.25, 0.3) is 0 Å². The molecule has 0 saturated carbocycles. The third-order valence-corrected chi connectivity index (χ3v) is 15.1. The van der Waals surface area contributed by atoms with Gasteiger partial charge < -0.3 is 14.2 Å². The van der Waals surface area contributed by atoms with Crippen LogP contribution in [-0.2, 0) is 28.6 Å². The molecule has 0 bridgehead atoms.